The molecular weight excluding hydrogens is 396 g/mol. The lowest BCUT2D eigenvalue weighted by molar-refractivity contribution is 0.0727. The third-order valence-electron chi connectivity index (χ3n) is 4.53. The second-order valence-corrected chi connectivity index (χ2v) is 6.76. The average Bonchev–Trinajstić information content (AvgIpc) is 3.46. The maximum atomic E-state index is 5.70. The minimum atomic E-state index is 0.281. The zero-order chi connectivity index (χ0) is 21.5. The van der Waals surface area contributed by atoms with E-state index < -0.39 is 0 Å². The zero-order valence-corrected chi connectivity index (χ0v) is 17.5. The van der Waals surface area contributed by atoms with Gasteiger partial charge in [-0.25, -0.2) is 0 Å². The van der Waals surface area contributed by atoms with Crippen molar-refractivity contribution in [3.8, 4) is 34.0 Å². The molecule has 0 radical (unpaired) electrons. The third kappa shape index (κ3) is 5.32. The van der Waals surface area contributed by atoms with E-state index in [2.05, 4.69) is 10.3 Å². The van der Waals surface area contributed by atoms with Crippen molar-refractivity contribution in [2.45, 2.75) is 27.1 Å². The first-order valence-corrected chi connectivity index (χ1v) is 10.2. The van der Waals surface area contributed by atoms with E-state index in [1.54, 1.807) is 0 Å². The summed E-state index contributed by atoms with van der Waals surface area (Å²) in [7, 11) is 0. The van der Waals surface area contributed by atoms with Gasteiger partial charge < -0.3 is 23.3 Å². The molecule has 0 fully saturated rings. The highest BCUT2D eigenvalue weighted by Gasteiger charge is 2.10. The number of hydrogen-bond acceptors (Lipinski definition) is 7. The normalized spacial score (nSPS) is 10.9. The molecule has 0 amide bonds. The van der Waals surface area contributed by atoms with E-state index >= 15 is 0 Å². The van der Waals surface area contributed by atoms with Crippen molar-refractivity contribution < 1.29 is 23.3 Å². The van der Waals surface area contributed by atoms with Gasteiger partial charge in [0.25, 0.3) is 0 Å². The summed E-state index contributed by atoms with van der Waals surface area (Å²) in [6.45, 7) is 5.75. The summed E-state index contributed by atoms with van der Waals surface area (Å²) >= 11 is 0. The molecule has 7 heteroatoms. The smallest absolute Gasteiger partial charge is 0.163 e. The minimum Gasteiger partial charge on any atom is -0.494 e. The fourth-order valence-corrected chi connectivity index (χ4v) is 3.06. The van der Waals surface area contributed by atoms with Gasteiger partial charge in [-0.3, -0.25) is 0 Å². The van der Waals surface area contributed by atoms with Crippen molar-refractivity contribution in [3.05, 3.63) is 72.2 Å². The van der Waals surface area contributed by atoms with Gasteiger partial charge in [-0.05, 0) is 62.4 Å². The summed E-state index contributed by atoms with van der Waals surface area (Å²) in [5.74, 6) is 2.93. The van der Waals surface area contributed by atoms with Gasteiger partial charge in [0.15, 0.2) is 11.5 Å². The van der Waals surface area contributed by atoms with Crippen molar-refractivity contribution >= 4 is 0 Å². The number of benzene rings is 2. The SMILES string of the molecule is CCOc1ccc(-c2cc(COCc3cc(-c4ccc(OCC)cc4)no3)on2)cc1. The van der Waals surface area contributed by atoms with Crippen LogP contribution in [-0.4, -0.2) is 23.5 Å². The summed E-state index contributed by atoms with van der Waals surface area (Å²) in [5.41, 5.74) is 3.40. The Bertz CT molecular complexity index is 996. The largest absolute Gasteiger partial charge is 0.494 e. The molecule has 0 aliphatic heterocycles. The Labute approximate surface area is 180 Å². The van der Waals surface area contributed by atoms with E-state index in [0.29, 0.717) is 24.7 Å². The van der Waals surface area contributed by atoms with Gasteiger partial charge in [-0.1, -0.05) is 10.3 Å². The molecule has 160 valence electrons. The first-order chi connectivity index (χ1) is 15.2. The summed E-state index contributed by atoms with van der Waals surface area (Å²) < 4.78 is 27.4. The molecule has 4 rings (SSSR count). The van der Waals surface area contributed by atoms with Crippen LogP contribution < -0.4 is 9.47 Å². The van der Waals surface area contributed by atoms with Crippen molar-refractivity contribution in [2.75, 3.05) is 13.2 Å². The van der Waals surface area contributed by atoms with Crippen molar-refractivity contribution in [1.82, 2.24) is 10.3 Å². The van der Waals surface area contributed by atoms with Crippen LogP contribution in [-0.2, 0) is 18.0 Å². The maximum Gasteiger partial charge on any atom is 0.163 e. The molecule has 2 heterocycles. The third-order valence-corrected chi connectivity index (χ3v) is 4.53. The number of nitrogens with zero attached hydrogens (tertiary/aromatic N) is 2. The highest BCUT2D eigenvalue weighted by Crippen LogP contribution is 2.24. The van der Waals surface area contributed by atoms with Gasteiger partial charge in [0.05, 0.1) is 13.2 Å². The molecule has 0 N–H and O–H groups in total. The predicted octanol–water partition coefficient (Wildman–Crippen LogP) is 5.51. The Morgan fingerprint density at radius 3 is 1.45 bits per heavy atom. The van der Waals surface area contributed by atoms with Gasteiger partial charge in [0, 0.05) is 23.3 Å². The van der Waals surface area contributed by atoms with Crippen LogP contribution in [0.3, 0.4) is 0 Å². The molecule has 4 aromatic rings. The maximum absolute atomic E-state index is 5.70. The standard InChI is InChI=1S/C24H24N2O5/c1-3-28-19-9-5-17(6-10-19)23-13-21(30-25-23)15-27-16-22-14-24(26-31-22)18-7-11-20(12-8-18)29-4-2/h5-14H,3-4,15-16H2,1-2H3. The topological polar surface area (TPSA) is 79.8 Å². The summed E-state index contributed by atoms with van der Waals surface area (Å²) in [6, 6.07) is 19.2. The molecule has 0 saturated carbocycles. The summed E-state index contributed by atoms with van der Waals surface area (Å²) in [6.07, 6.45) is 0. The van der Waals surface area contributed by atoms with Crippen LogP contribution in [0.2, 0.25) is 0 Å². The highest BCUT2D eigenvalue weighted by atomic mass is 16.5. The molecular formula is C24H24N2O5. The number of rotatable bonds is 10. The zero-order valence-electron chi connectivity index (χ0n) is 17.5. The average molecular weight is 420 g/mol. The van der Waals surface area contributed by atoms with Crippen LogP contribution in [0, 0.1) is 0 Å². The minimum absolute atomic E-state index is 0.281. The molecule has 0 atom stereocenters. The van der Waals surface area contributed by atoms with Gasteiger partial charge in [-0.15, -0.1) is 0 Å². The molecule has 31 heavy (non-hydrogen) atoms. The van der Waals surface area contributed by atoms with E-state index in [-0.39, 0.29) is 13.2 Å². The Kier molecular flexibility index (Phi) is 6.64. The van der Waals surface area contributed by atoms with Gasteiger partial charge in [0.1, 0.15) is 36.1 Å². The number of hydrogen-bond donors (Lipinski definition) is 0. The molecule has 0 spiro atoms. The fraction of sp³-hybridized carbons (Fsp3) is 0.250. The number of ether oxygens (including phenoxy) is 3. The van der Waals surface area contributed by atoms with Crippen LogP contribution in [0.5, 0.6) is 11.5 Å². The molecule has 7 nitrogen and oxygen atoms in total. The fourth-order valence-electron chi connectivity index (χ4n) is 3.06. The van der Waals surface area contributed by atoms with E-state index in [4.69, 9.17) is 23.3 Å². The molecule has 0 aliphatic carbocycles. The molecule has 0 aliphatic rings. The first-order valence-electron chi connectivity index (χ1n) is 10.2. The van der Waals surface area contributed by atoms with Gasteiger partial charge in [-0.2, -0.15) is 0 Å². The molecule has 0 saturated heterocycles. The Hall–Kier alpha value is -3.58. The lowest BCUT2D eigenvalue weighted by Crippen LogP contribution is -1.91. The first kappa shape index (κ1) is 20.7. The van der Waals surface area contributed by atoms with Crippen molar-refractivity contribution in [2.24, 2.45) is 0 Å². The number of aromatic nitrogens is 2. The molecule has 0 bridgehead atoms. The second kappa shape index (κ2) is 9.95. The van der Waals surface area contributed by atoms with Crippen molar-refractivity contribution in [1.29, 1.82) is 0 Å². The van der Waals surface area contributed by atoms with E-state index in [1.165, 1.54) is 0 Å². The highest BCUT2D eigenvalue weighted by molar-refractivity contribution is 5.60. The lowest BCUT2D eigenvalue weighted by Gasteiger charge is -2.02. The van der Waals surface area contributed by atoms with Crippen LogP contribution in [0.15, 0.2) is 69.7 Å². The molecule has 2 aromatic heterocycles. The van der Waals surface area contributed by atoms with Crippen LogP contribution >= 0.6 is 0 Å². The molecule has 0 unspecified atom stereocenters. The van der Waals surface area contributed by atoms with Gasteiger partial charge >= 0.3 is 0 Å². The van der Waals surface area contributed by atoms with Crippen LogP contribution in [0.25, 0.3) is 22.5 Å². The predicted molar refractivity (Wildman–Crippen MR) is 115 cm³/mol. The van der Waals surface area contributed by atoms with E-state index in [9.17, 15) is 0 Å². The Morgan fingerprint density at radius 2 is 1.06 bits per heavy atom. The summed E-state index contributed by atoms with van der Waals surface area (Å²) in [4.78, 5) is 0. The van der Waals surface area contributed by atoms with Crippen LogP contribution in [0.4, 0.5) is 0 Å². The van der Waals surface area contributed by atoms with Crippen LogP contribution in [0.1, 0.15) is 25.4 Å². The monoisotopic (exact) mass is 420 g/mol. The van der Waals surface area contributed by atoms with E-state index in [0.717, 1.165) is 34.0 Å². The van der Waals surface area contributed by atoms with Gasteiger partial charge in [0.2, 0.25) is 0 Å². The van der Waals surface area contributed by atoms with Crippen molar-refractivity contribution in [3.63, 3.8) is 0 Å². The quantitative estimate of drug-likeness (QED) is 0.335. The lowest BCUT2D eigenvalue weighted by atomic mass is 10.1. The summed E-state index contributed by atoms with van der Waals surface area (Å²) in [5, 5.41) is 8.22. The molecule has 2 aromatic carbocycles. The Morgan fingerprint density at radius 1 is 0.645 bits per heavy atom. The second-order valence-electron chi connectivity index (χ2n) is 6.76. The van der Waals surface area contributed by atoms with E-state index in [1.807, 2.05) is 74.5 Å². The Balaban J connectivity index is 1.30.